The van der Waals surface area contributed by atoms with Crippen molar-refractivity contribution < 1.29 is 0 Å². The predicted octanol–water partition coefficient (Wildman–Crippen LogP) is 4.84. The molecule has 0 spiro atoms. The zero-order chi connectivity index (χ0) is 18.3. The van der Waals surface area contributed by atoms with Crippen LogP contribution in [0.25, 0.3) is 0 Å². The van der Waals surface area contributed by atoms with E-state index >= 15 is 0 Å². The van der Waals surface area contributed by atoms with Crippen LogP contribution in [-0.2, 0) is 6.54 Å². The monoisotopic (exact) mass is 343 g/mol. The van der Waals surface area contributed by atoms with Gasteiger partial charge in [-0.05, 0) is 90.8 Å². The van der Waals surface area contributed by atoms with Crippen LogP contribution in [0.2, 0.25) is 0 Å². The zero-order valence-electron chi connectivity index (χ0n) is 16.9. The Morgan fingerprint density at radius 3 is 2.64 bits per heavy atom. The van der Waals surface area contributed by atoms with Crippen LogP contribution in [0.15, 0.2) is 36.2 Å². The lowest BCUT2D eigenvalue weighted by Crippen LogP contribution is -2.41. The summed E-state index contributed by atoms with van der Waals surface area (Å²) in [6.07, 6.45) is 12.5. The summed E-state index contributed by atoms with van der Waals surface area (Å²) in [6.45, 7) is 13.4. The maximum absolute atomic E-state index is 4.20. The number of nitrogens with zero attached hydrogens (tertiary/aromatic N) is 1. The van der Waals surface area contributed by atoms with Gasteiger partial charge in [-0.3, -0.25) is 4.98 Å². The molecule has 2 N–H and O–H groups in total. The zero-order valence-corrected chi connectivity index (χ0v) is 16.9. The van der Waals surface area contributed by atoms with Gasteiger partial charge in [0.15, 0.2) is 0 Å². The smallest absolute Gasteiger partial charge is 0.0312 e. The second-order valence-electron chi connectivity index (χ2n) is 9.24. The fourth-order valence-electron chi connectivity index (χ4n) is 3.69. The first-order valence-electron chi connectivity index (χ1n) is 9.80. The normalized spacial score (nSPS) is 18.9. The van der Waals surface area contributed by atoms with E-state index in [4.69, 9.17) is 0 Å². The molecule has 0 radical (unpaired) electrons. The van der Waals surface area contributed by atoms with Gasteiger partial charge >= 0.3 is 0 Å². The van der Waals surface area contributed by atoms with Crippen molar-refractivity contribution in [3.05, 3.63) is 41.7 Å². The van der Waals surface area contributed by atoms with E-state index < -0.39 is 0 Å². The van der Waals surface area contributed by atoms with Crippen molar-refractivity contribution in [2.45, 2.75) is 84.3 Å². The molecule has 1 unspecified atom stereocenters. The molecule has 3 heteroatoms. The Kier molecular flexibility index (Phi) is 7.21. The molecule has 2 rings (SSSR count). The Morgan fingerprint density at radius 1 is 1.16 bits per heavy atom. The number of rotatable bonds is 8. The third-order valence-corrected chi connectivity index (χ3v) is 4.95. The summed E-state index contributed by atoms with van der Waals surface area (Å²) in [5.74, 6) is 0.797. The third-order valence-electron chi connectivity index (χ3n) is 4.95. The molecule has 1 aromatic heterocycles. The van der Waals surface area contributed by atoms with Crippen LogP contribution < -0.4 is 10.6 Å². The van der Waals surface area contributed by atoms with E-state index in [2.05, 4.69) is 62.4 Å². The molecule has 1 atom stereocenters. The van der Waals surface area contributed by atoms with E-state index in [0.717, 1.165) is 19.0 Å². The number of allylic oxidation sites excluding steroid dienone is 1. The van der Waals surface area contributed by atoms with E-state index in [9.17, 15) is 0 Å². The molecule has 0 aliphatic heterocycles. The molecule has 0 amide bonds. The Bertz CT molecular complexity index is 540. The standard InChI is InChI=1S/C22H37N3/c1-21(2,3)24-13-11-18-8-6-9-19(14-18)15-22(4,5)25-17-20-10-7-12-23-16-20/h7-8,10,12,16,19,24-25H,6,9,11,13-15,17H2,1-5H3. The van der Waals surface area contributed by atoms with Gasteiger partial charge in [0, 0.05) is 30.0 Å². The van der Waals surface area contributed by atoms with Crippen molar-refractivity contribution in [3.63, 3.8) is 0 Å². The quantitative estimate of drug-likeness (QED) is 0.663. The van der Waals surface area contributed by atoms with Gasteiger partial charge < -0.3 is 10.6 Å². The van der Waals surface area contributed by atoms with Crippen LogP contribution in [0.3, 0.4) is 0 Å². The van der Waals surface area contributed by atoms with Gasteiger partial charge in [0.2, 0.25) is 0 Å². The molecule has 140 valence electrons. The van der Waals surface area contributed by atoms with Crippen molar-refractivity contribution in [1.29, 1.82) is 0 Å². The van der Waals surface area contributed by atoms with Crippen molar-refractivity contribution >= 4 is 0 Å². The topological polar surface area (TPSA) is 37.0 Å². The Balaban J connectivity index is 1.76. The molecule has 0 fully saturated rings. The predicted molar refractivity (Wildman–Crippen MR) is 108 cm³/mol. The summed E-state index contributed by atoms with van der Waals surface area (Å²) < 4.78 is 0. The first-order chi connectivity index (χ1) is 11.7. The number of hydrogen-bond acceptors (Lipinski definition) is 3. The van der Waals surface area contributed by atoms with Gasteiger partial charge in [-0.15, -0.1) is 0 Å². The second kappa shape index (κ2) is 8.95. The molecule has 25 heavy (non-hydrogen) atoms. The summed E-state index contributed by atoms with van der Waals surface area (Å²) in [7, 11) is 0. The van der Waals surface area contributed by atoms with Crippen LogP contribution >= 0.6 is 0 Å². The molecule has 0 saturated heterocycles. The van der Waals surface area contributed by atoms with Gasteiger partial charge in [-0.1, -0.05) is 17.7 Å². The van der Waals surface area contributed by atoms with Crippen LogP contribution in [-0.4, -0.2) is 22.6 Å². The minimum absolute atomic E-state index is 0.159. The number of hydrogen-bond donors (Lipinski definition) is 2. The highest BCUT2D eigenvalue weighted by Crippen LogP contribution is 2.32. The maximum Gasteiger partial charge on any atom is 0.0312 e. The summed E-state index contributed by atoms with van der Waals surface area (Å²) in [5.41, 5.74) is 3.28. The molecule has 1 aliphatic carbocycles. The fourth-order valence-corrected chi connectivity index (χ4v) is 3.69. The number of nitrogens with one attached hydrogen (secondary N) is 2. The molecule has 1 aromatic rings. The van der Waals surface area contributed by atoms with Crippen LogP contribution in [0, 0.1) is 5.92 Å². The minimum Gasteiger partial charge on any atom is -0.312 e. The minimum atomic E-state index is 0.159. The van der Waals surface area contributed by atoms with Gasteiger partial charge in [0.25, 0.3) is 0 Å². The molecular weight excluding hydrogens is 306 g/mol. The Labute approximate surface area is 154 Å². The third kappa shape index (κ3) is 8.15. The van der Waals surface area contributed by atoms with Crippen molar-refractivity contribution in [3.8, 4) is 0 Å². The second-order valence-corrected chi connectivity index (χ2v) is 9.24. The molecule has 0 bridgehead atoms. The van der Waals surface area contributed by atoms with Gasteiger partial charge in [0.1, 0.15) is 0 Å². The van der Waals surface area contributed by atoms with E-state index in [1.54, 1.807) is 5.57 Å². The average molecular weight is 344 g/mol. The summed E-state index contributed by atoms with van der Waals surface area (Å²) in [4.78, 5) is 4.20. The highest BCUT2D eigenvalue weighted by atomic mass is 15.0. The Morgan fingerprint density at radius 2 is 1.96 bits per heavy atom. The molecular formula is C22H37N3. The largest absolute Gasteiger partial charge is 0.312 e. The van der Waals surface area contributed by atoms with Crippen LogP contribution in [0.1, 0.15) is 72.3 Å². The van der Waals surface area contributed by atoms with Crippen molar-refractivity contribution in [1.82, 2.24) is 15.6 Å². The van der Waals surface area contributed by atoms with Gasteiger partial charge in [-0.2, -0.15) is 0 Å². The van der Waals surface area contributed by atoms with Crippen molar-refractivity contribution in [2.24, 2.45) is 5.92 Å². The maximum atomic E-state index is 4.20. The summed E-state index contributed by atoms with van der Waals surface area (Å²) >= 11 is 0. The lowest BCUT2D eigenvalue weighted by molar-refractivity contribution is 0.276. The molecule has 0 aromatic carbocycles. The van der Waals surface area contributed by atoms with Gasteiger partial charge in [-0.25, -0.2) is 0 Å². The summed E-state index contributed by atoms with van der Waals surface area (Å²) in [6, 6.07) is 4.15. The highest BCUT2D eigenvalue weighted by Gasteiger charge is 2.25. The Hall–Kier alpha value is -1.19. The van der Waals surface area contributed by atoms with E-state index in [1.807, 2.05) is 18.5 Å². The van der Waals surface area contributed by atoms with Crippen molar-refractivity contribution in [2.75, 3.05) is 6.54 Å². The van der Waals surface area contributed by atoms with E-state index in [0.29, 0.717) is 0 Å². The highest BCUT2D eigenvalue weighted by molar-refractivity contribution is 5.10. The molecule has 0 saturated carbocycles. The lowest BCUT2D eigenvalue weighted by Gasteiger charge is -2.33. The fraction of sp³-hybridized carbons (Fsp3) is 0.682. The van der Waals surface area contributed by atoms with Crippen LogP contribution in [0.5, 0.6) is 0 Å². The summed E-state index contributed by atoms with van der Waals surface area (Å²) in [5, 5.41) is 7.34. The average Bonchev–Trinajstić information content (AvgIpc) is 2.53. The van der Waals surface area contributed by atoms with E-state index in [-0.39, 0.29) is 11.1 Å². The number of pyridine rings is 1. The first-order valence-corrected chi connectivity index (χ1v) is 9.80. The number of aromatic nitrogens is 1. The first kappa shape index (κ1) is 20.1. The molecule has 3 nitrogen and oxygen atoms in total. The molecule has 1 heterocycles. The molecule has 1 aliphatic rings. The van der Waals surface area contributed by atoms with Gasteiger partial charge in [0.05, 0.1) is 0 Å². The van der Waals surface area contributed by atoms with Crippen LogP contribution in [0.4, 0.5) is 0 Å². The SMILES string of the molecule is CC(C)(C)NCCC1=CCCC(CC(C)(C)NCc2cccnc2)C1. The lowest BCUT2D eigenvalue weighted by atomic mass is 9.80. The van der Waals surface area contributed by atoms with E-state index in [1.165, 1.54) is 37.7 Å².